The van der Waals surface area contributed by atoms with Gasteiger partial charge in [-0.1, -0.05) is 19.4 Å². The van der Waals surface area contributed by atoms with Crippen LogP contribution in [-0.2, 0) is 16.4 Å². The van der Waals surface area contributed by atoms with E-state index in [-0.39, 0.29) is 13.2 Å². The van der Waals surface area contributed by atoms with Gasteiger partial charge in [-0.15, -0.1) is 0 Å². The predicted octanol–water partition coefficient (Wildman–Crippen LogP) is 1.83. The monoisotopic (exact) mass is 312 g/mol. The molecule has 1 aliphatic rings. The molecular formula is C15H24N2O3S. The van der Waals surface area contributed by atoms with Crippen LogP contribution in [0, 0.1) is 0 Å². The first kappa shape index (κ1) is 16.3. The molecule has 2 N–H and O–H groups in total. The Morgan fingerprint density at radius 2 is 2.14 bits per heavy atom. The Morgan fingerprint density at radius 3 is 2.86 bits per heavy atom. The van der Waals surface area contributed by atoms with Gasteiger partial charge in [0, 0.05) is 25.3 Å². The van der Waals surface area contributed by atoms with E-state index in [9.17, 15) is 8.42 Å². The molecule has 2 rings (SSSR count). The molecule has 1 heterocycles. The zero-order valence-electron chi connectivity index (χ0n) is 12.5. The van der Waals surface area contributed by atoms with Crippen LogP contribution < -0.4 is 5.32 Å². The largest absolute Gasteiger partial charge is 0.395 e. The van der Waals surface area contributed by atoms with Gasteiger partial charge in [-0.3, -0.25) is 0 Å². The second kappa shape index (κ2) is 7.24. The van der Waals surface area contributed by atoms with Gasteiger partial charge in [0.1, 0.15) is 0 Å². The third-order valence-corrected chi connectivity index (χ3v) is 5.76. The molecule has 1 aliphatic heterocycles. The van der Waals surface area contributed by atoms with E-state index >= 15 is 0 Å². The smallest absolute Gasteiger partial charge is 0.243 e. The fraction of sp³-hybridized carbons (Fsp3) is 0.600. The summed E-state index contributed by atoms with van der Waals surface area (Å²) in [5.74, 6) is 0. The van der Waals surface area contributed by atoms with Crippen molar-refractivity contribution in [3.63, 3.8) is 0 Å². The van der Waals surface area contributed by atoms with Gasteiger partial charge in [0.05, 0.1) is 11.5 Å². The van der Waals surface area contributed by atoms with Crippen molar-refractivity contribution in [3.8, 4) is 0 Å². The average Bonchev–Trinajstić information content (AvgIpc) is 2.50. The quantitative estimate of drug-likeness (QED) is 0.806. The lowest BCUT2D eigenvalue weighted by Gasteiger charge is -2.25. The van der Waals surface area contributed by atoms with Crippen molar-refractivity contribution in [1.82, 2.24) is 4.31 Å². The Balaban J connectivity index is 2.37. The van der Waals surface area contributed by atoms with E-state index in [1.807, 2.05) is 13.0 Å². The average molecular weight is 312 g/mol. The number of rotatable bonds is 7. The van der Waals surface area contributed by atoms with E-state index in [0.717, 1.165) is 43.5 Å². The summed E-state index contributed by atoms with van der Waals surface area (Å²) >= 11 is 0. The second-order valence-electron chi connectivity index (χ2n) is 5.29. The maximum atomic E-state index is 12.9. The molecule has 0 saturated heterocycles. The van der Waals surface area contributed by atoms with E-state index in [1.54, 1.807) is 12.1 Å². The summed E-state index contributed by atoms with van der Waals surface area (Å²) in [4.78, 5) is 0.386. The van der Waals surface area contributed by atoms with Crippen molar-refractivity contribution < 1.29 is 13.5 Å². The summed E-state index contributed by atoms with van der Waals surface area (Å²) in [6.45, 7) is 3.36. The molecule has 1 aromatic rings. The molecule has 118 valence electrons. The molecule has 0 saturated carbocycles. The number of benzene rings is 1. The zero-order chi connectivity index (χ0) is 15.3. The maximum Gasteiger partial charge on any atom is 0.243 e. The minimum absolute atomic E-state index is 0.152. The molecule has 0 unspecified atom stereocenters. The molecule has 0 aromatic heterocycles. The molecule has 0 bridgehead atoms. The molecule has 0 fully saturated rings. The van der Waals surface area contributed by atoms with E-state index < -0.39 is 10.0 Å². The molecule has 1 aromatic carbocycles. The van der Waals surface area contributed by atoms with Crippen LogP contribution in [0.25, 0.3) is 0 Å². The van der Waals surface area contributed by atoms with Gasteiger partial charge in [-0.2, -0.15) is 4.31 Å². The zero-order valence-corrected chi connectivity index (χ0v) is 13.3. The third kappa shape index (κ3) is 3.56. The topological polar surface area (TPSA) is 69.6 Å². The molecule has 0 radical (unpaired) electrons. The summed E-state index contributed by atoms with van der Waals surface area (Å²) in [5.41, 5.74) is 1.80. The Morgan fingerprint density at radius 1 is 1.33 bits per heavy atom. The van der Waals surface area contributed by atoms with E-state index in [4.69, 9.17) is 5.11 Å². The number of anilines is 1. The van der Waals surface area contributed by atoms with Crippen LogP contribution in [-0.4, -0.2) is 44.1 Å². The van der Waals surface area contributed by atoms with Gasteiger partial charge in [-0.05, 0) is 37.0 Å². The lowest BCUT2D eigenvalue weighted by molar-refractivity contribution is 0.252. The Kier molecular flexibility index (Phi) is 5.61. The number of sulfonamides is 1. The van der Waals surface area contributed by atoms with E-state index in [1.165, 1.54) is 4.31 Å². The molecule has 6 heteroatoms. The first-order valence-electron chi connectivity index (χ1n) is 7.58. The molecule has 5 nitrogen and oxygen atoms in total. The van der Waals surface area contributed by atoms with Crippen molar-refractivity contribution in [2.45, 2.75) is 37.5 Å². The van der Waals surface area contributed by atoms with Crippen LogP contribution >= 0.6 is 0 Å². The van der Waals surface area contributed by atoms with Crippen LogP contribution in [0.1, 0.15) is 31.7 Å². The van der Waals surface area contributed by atoms with Gasteiger partial charge in [0.15, 0.2) is 0 Å². The molecular weight excluding hydrogens is 288 g/mol. The van der Waals surface area contributed by atoms with Gasteiger partial charge < -0.3 is 10.4 Å². The maximum absolute atomic E-state index is 12.9. The van der Waals surface area contributed by atoms with Crippen molar-refractivity contribution in [2.75, 3.05) is 31.6 Å². The lowest BCUT2D eigenvalue weighted by atomic mass is 10.0. The number of nitrogens with zero attached hydrogens (tertiary/aromatic N) is 1. The van der Waals surface area contributed by atoms with Crippen LogP contribution in [0.4, 0.5) is 5.69 Å². The van der Waals surface area contributed by atoms with Crippen molar-refractivity contribution in [2.24, 2.45) is 0 Å². The van der Waals surface area contributed by atoms with Crippen molar-refractivity contribution in [3.05, 3.63) is 23.8 Å². The molecule has 0 aliphatic carbocycles. The second-order valence-corrected chi connectivity index (χ2v) is 7.20. The summed E-state index contributed by atoms with van der Waals surface area (Å²) in [6.07, 6.45) is 3.44. The normalized spacial score (nSPS) is 14.8. The molecule has 0 amide bonds. The predicted molar refractivity (Wildman–Crippen MR) is 84.0 cm³/mol. The Bertz CT molecular complexity index is 572. The van der Waals surface area contributed by atoms with Gasteiger partial charge in [0.25, 0.3) is 0 Å². The Labute approximate surface area is 127 Å². The standard InChI is InChI=1S/C15H24N2O3S/c1-2-3-10-17(11-12-18)21(19,20)15-8-4-7-14-13(15)6-5-9-16-14/h4,7-8,16,18H,2-3,5-6,9-12H2,1H3. The first-order valence-corrected chi connectivity index (χ1v) is 9.02. The SMILES string of the molecule is CCCCN(CCO)S(=O)(=O)c1cccc2c1CCCN2. The highest BCUT2D eigenvalue weighted by atomic mass is 32.2. The summed E-state index contributed by atoms with van der Waals surface area (Å²) in [6, 6.07) is 5.38. The van der Waals surface area contributed by atoms with E-state index in [0.29, 0.717) is 11.4 Å². The van der Waals surface area contributed by atoms with Crippen LogP contribution in [0.2, 0.25) is 0 Å². The molecule has 0 atom stereocenters. The highest BCUT2D eigenvalue weighted by Crippen LogP contribution is 2.30. The highest BCUT2D eigenvalue weighted by molar-refractivity contribution is 7.89. The fourth-order valence-electron chi connectivity index (χ4n) is 2.66. The minimum Gasteiger partial charge on any atom is -0.395 e. The third-order valence-electron chi connectivity index (χ3n) is 3.78. The first-order chi connectivity index (χ1) is 10.1. The van der Waals surface area contributed by atoms with Crippen molar-refractivity contribution >= 4 is 15.7 Å². The minimum atomic E-state index is -3.54. The van der Waals surface area contributed by atoms with E-state index in [2.05, 4.69) is 5.32 Å². The fourth-order valence-corrected chi connectivity index (χ4v) is 4.40. The number of nitrogens with one attached hydrogen (secondary N) is 1. The number of hydrogen-bond acceptors (Lipinski definition) is 4. The number of unbranched alkanes of at least 4 members (excludes halogenated alkanes) is 1. The highest BCUT2D eigenvalue weighted by Gasteiger charge is 2.28. The van der Waals surface area contributed by atoms with Gasteiger partial charge >= 0.3 is 0 Å². The van der Waals surface area contributed by atoms with Gasteiger partial charge in [0.2, 0.25) is 10.0 Å². The van der Waals surface area contributed by atoms with Gasteiger partial charge in [-0.25, -0.2) is 8.42 Å². The Hall–Kier alpha value is -1.11. The summed E-state index contributed by atoms with van der Waals surface area (Å²) < 4.78 is 27.2. The van der Waals surface area contributed by atoms with Crippen molar-refractivity contribution in [1.29, 1.82) is 0 Å². The summed E-state index contributed by atoms with van der Waals surface area (Å²) in [5, 5.41) is 12.4. The number of aliphatic hydroxyl groups excluding tert-OH is 1. The van der Waals surface area contributed by atoms with Crippen LogP contribution in [0.5, 0.6) is 0 Å². The van der Waals surface area contributed by atoms with Crippen LogP contribution in [0.3, 0.4) is 0 Å². The summed E-state index contributed by atoms with van der Waals surface area (Å²) in [7, 11) is -3.54. The number of fused-ring (bicyclic) bond motifs is 1. The van der Waals surface area contributed by atoms with Crippen LogP contribution in [0.15, 0.2) is 23.1 Å². The molecule has 21 heavy (non-hydrogen) atoms. The lowest BCUT2D eigenvalue weighted by Crippen LogP contribution is -2.35. The molecule has 0 spiro atoms. The number of aliphatic hydroxyl groups is 1. The number of hydrogen-bond donors (Lipinski definition) is 2.